The number of rotatable bonds is 8. The molecule has 0 saturated heterocycles. The van der Waals surface area contributed by atoms with Crippen LogP contribution in [-0.4, -0.2) is 55.0 Å². The summed E-state index contributed by atoms with van der Waals surface area (Å²) in [7, 11) is 0. The molecule has 0 aromatic heterocycles. The second-order valence-electron chi connectivity index (χ2n) is 7.71. The highest BCUT2D eigenvalue weighted by atomic mass is 127. The number of ether oxygens (including phenoxy) is 1. The smallest absolute Gasteiger partial charge is 0.261 e. The minimum absolute atomic E-state index is 0. The van der Waals surface area contributed by atoms with Crippen LogP contribution in [0.15, 0.2) is 53.5 Å². The zero-order chi connectivity index (χ0) is 21.6. The van der Waals surface area contributed by atoms with E-state index in [4.69, 9.17) is 4.74 Å². The van der Waals surface area contributed by atoms with Crippen LogP contribution in [0.5, 0.6) is 5.75 Å². The number of aliphatic imine (C=N–C) groups is 1. The van der Waals surface area contributed by atoms with Crippen LogP contribution < -0.4 is 15.4 Å². The molecule has 4 rings (SSSR count). The van der Waals surface area contributed by atoms with Crippen molar-refractivity contribution in [3.63, 3.8) is 0 Å². The third-order valence-corrected chi connectivity index (χ3v) is 5.49. The van der Waals surface area contributed by atoms with E-state index in [1.54, 1.807) is 24.3 Å². The van der Waals surface area contributed by atoms with E-state index in [1.807, 2.05) is 25.1 Å². The van der Waals surface area contributed by atoms with Gasteiger partial charge in [0.05, 0.1) is 17.7 Å². The molecular weight excluding hydrogens is 519 g/mol. The average Bonchev–Trinajstić information content (AvgIpc) is 3.31. The van der Waals surface area contributed by atoms with Gasteiger partial charge in [0.25, 0.3) is 11.8 Å². The molecule has 0 spiro atoms. The maximum absolute atomic E-state index is 12.4. The van der Waals surface area contributed by atoms with Crippen molar-refractivity contribution in [2.75, 3.05) is 26.2 Å². The SMILES string of the molecule is CCNC(=NCC1Cc2ccccc2O1)NCCCCN1C(=O)c2ccccc2C1=O.I. The van der Waals surface area contributed by atoms with E-state index in [1.165, 1.54) is 10.5 Å². The molecular formula is C24H29IN4O3. The number of carbonyl (C=O) groups is 2. The summed E-state index contributed by atoms with van der Waals surface area (Å²) < 4.78 is 5.95. The number of para-hydroxylation sites is 1. The lowest BCUT2D eigenvalue weighted by molar-refractivity contribution is 0.0652. The first kappa shape index (κ1) is 24.0. The second-order valence-corrected chi connectivity index (χ2v) is 7.71. The van der Waals surface area contributed by atoms with E-state index in [2.05, 4.69) is 21.7 Å². The molecule has 0 radical (unpaired) electrons. The van der Waals surface area contributed by atoms with Gasteiger partial charge in [0.15, 0.2) is 5.96 Å². The molecule has 8 heteroatoms. The van der Waals surface area contributed by atoms with Gasteiger partial charge in [0.1, 0.15) is 11.9 Å². The number of guanidine groups is 1. The Balaban J connectivity index is 0.00000289. The van der Waals surface area contributed by atoms with Gasteiger partial charge in [-0.3, -0.25) is 14.5 Å². The summed E-state index contributed by atoms with van der Waals surface area (Å²) in [6, 6.07) is 15.1. The number of benzene rings is 2. The maximum atomic E-state index is 12.4. The van der Waals surface area contributed by atoms with Crippen LogP contribution >= 0.6 is 24.0 Å². The molecule has 32 heavy (non-hydrogen) atoms. The molecule has 0 aliphatic carbocycles. The van der Waals surface area contributed by atoms with Crippen molar-refractivity contribution in [2.24, 2.45) is 4.99 Å². The summed E-state index contributed by atoms with van der Waals surface area (Å²) in [5.74, 6) is 1.32. The molecule has 2 aliphatic rings. The van der Waals surface area contributed by atoms with Crippen molar-refractivity contribution in [3.05, 3.63) is 65.2 Å². The van der Waals surface area contributed by atoms with Crippen molar-refractivity contribution in [1.82, 2.24) is 15.5 Å². The average molecular weight is 548 g/mol. The highest BCUT2D eigenvalue weighted by molar-refractivity contribution is 14.0. The molecule has 1 atom stereocenters. The van der Waals surface area contributed by atoms with Crippen molar-refractivity contribution >= 4 is 41.8 Å². The summed E-state index contributed by atoms with van der Waals surface area (Å²) in [6.45, 7) is 4.52. The number of amides is 2. The molecule has 0 fully saturated rings. The second kappa shape index (κ2) is 11.3. The van der Waals surface area contributed by atoms with Gasteiger partial charge in [-0.05, 0) is 43.5 Å². The number of nitrogens with zero attached hydrogens (tertiary/aromatic N) is 2. The van der Waals surface area contributed by atoms with Crippen LogP contribution in [0.25, 0.3) is 0 Å². The molecule has 0 saturated carbocycles. The van der Waals surface area contributed by atoms with E-state index in [9.17, 15) is 9.59 Å². The molecule has 170 valence electrons. The normalized spacial score (nSPS) is 16.8. The standard InChI is InChI=1S/C24H28N4O3.HI/c1-2-25-24(27-16-18-15-17-9-3-6-12-21(17)31-18)26-13-7-8-14-28-22(29)19-10-4-5-11-20(19)23(28)30;/h3-6,9-12,18H,2,7-8,13-16H2,1H3,(H2,25,26,27);1H. The quantitative estimate of drug-likeness (QED) is 0.174. The molecule has 2 aliphatic heterocycles. The first-order valence-electron chi connectivity index (χ1n) is 10.9. The largest absolute Gasteiger partial charge is 0.488 e. The lowest BCUT2D eigenvalue weighted by Gasteiger charge is -2.15. The fraction of sp³-hybridized carbons (Fsp3) is 0.375. The first-order chi connectivity index (χ1) is 15.2. The Labute approximate surface area is 205 Å². The molecule has 2 aromatic rings. The van der Waals surface area contributed by atoms with Crippen molar-refractivity contribution < 1.29 is 14.3 Å². The van der Waals surface area contributed by atoms with Crippen molar-refractivity contribution in [2.45, 2.75) is 32.3 Å². The summed E-state index contributed by atoms with van der Waals surface area (Å²) in [4.78, 5) is 30.8. The zero-order valence-electron chi connectivity index (χ0n) is 18.2. The summed E-state index contributed by atoms with van der Waals surface area (Å²) in [5.41, 5.74) is 2.24. The highest BCUT2D eigenvalue weighted by Crippen LogP contribution is 2.28. The van der Waals surface area contributed by atoms with Crippen LogP contribution in [0.4, 0.5) is 0 Å². The lowest BCUT2D eigenvalue weighted by Crippen LogP contribution is -2.39. The first-order valence-corrected chi connectivity index (χ1v) is 10.9. The molecule has 2 N–H and O–H groups in total. The predicted molar refractivity (Wildman–Crippen MR) is 135 cm³/mol. The number of hydrogen-bond acceptors (Lipinski definition) is 4. The Morgan fingerprint density at radius 1 is 1.03 bits per heavy atom. The monoisotopic (exact) mass is 548 g/mol. The number of halogens is 1. The van der Waals surface area contributed by atoms with Gasteiger partial charge >= 0.3 is 0 Å². The predicted octanol–water partition coefficient (Wildman–Crippen LogP) is 3.24. The minimum Gasteiger partial charge on any atom is -0.488 e. The van der Waals surface area contributed by atoms with E-state index in [0.717, 1.165) is 37.5 Å². The van der Waals surface area contributed by atoms with Crippen molar-refractivity contribution in [3.8, 4) is 5.75 Å². The van der Waals surface area contributed by atoms with Crippen LogP contribution in [0.3, 0.4) is 0 Å². The van der Waals surface area contributed by atoms with Gasteiger partial charge in [-0.15, -0.1) is 24.0 Å². The van der Waals surface area contributed by atoms with Crippen LogP contribution in [0, 0.1) is 0 Å². The number of unbranched alkanes of at least 4 members (excludes halogenated alkanes) is 1. The van der Waals surface area contributed by atoms with Crippen LogP contribution in [0.1, 0.15) is 46.0 Å². The van der Waals surface area contributed by atoms with E-state index >= 15 is 0 Å². The Kier molecular flexibility index (Phi) is 8.49. The fourth-order valence-electron chi connectivity index (χ4n) is 3.93. The number of fused-ring (bicyclic) bond motifs is 2. The Hall–Kier alpha value is -2.62. The van der Waals surface area contributed by atoms with Crippen LogP contribution in [0.2, 0.25) is 0 Å². The van der Waals surface area contributed by atoms with Crippen molar-refractivity contribution in [1.29, 1.82) is 0 Å². The topological polar surface area (TPSA) is 83.0 Å². The maximum Gasteiger partial charge on any atom is 0.261 e. The van der Waals surface area contributed by atoms with Gasteiger partial charge in [-0.2, -0.15) is 0 Å². The number of hydrogen-bond donors (Lipinski definition) is 2. The molecule has 2 amide bonds. The summed E-state index contributed by atoms with van der Waals surface area (Å²) in [5, 5.41) is 6.58. The number of carbonyl (C=O) groups excluding carboxylic acids is 2. The summed E-state index contributed by atoms with van der Waals surface area (Å²) >= 11 is 0. The van der Waals surface area contributed by atoms with Crippen LogP contribution in [-0.2, 0) is 6.42 Å². The molecule has 2 heterocycles. The van der Waals surface area contributed by atoms with E-state index in [0.29, 0.717) is 30.8 Å². The van der Waals surface area contributed by atoms with Gasteiger partial charge < -0.3 is 15.4 Å². The molecule has 0 bridgehead atoms. The molecule has 2 aromatic carbocycles. The Bertz CT molecular complexity index is 935. The lowest BCUT2D eigenvalue weighted by atomic mass is 10.1. The number of imide groups is 1. The fourth-order valence-corrected chi connectivity index (χ4v) is 3.93. The Morgan fingerprint density at radius 3 is 2.41 bits per heavy atom. The molecule has 1 unspecified atom stereocenters. The highest BCUT2D eigenvalue weighted by Gasteiger charge is 2.34. The minimum atomic E-state index is -0.193. The van der Waals surface area contributed by atoms with E-state index < -0.39 is 0 Å². The third kappa shape index (κ3) is 5.40. The molecule has 7 nitrogen and oxygen atoms in total. The van der Waals surface area contributed by atoms with Gasteiger partial charge in [0.2, 0.25) is 0 Å². The Morgan fingerprint density at radius 2 is 1.72 bits per heavy atom. The number of nitrogens with one attached hydrogen (secondary N) is 2. The summed E-state index contributed by atoms with van der Waals surface area (Å²) in [6.07, 6.45) is 2.49. The van der Waals surface area contributed by atoms with Gasteiger partial charge in [-0.25, -0.2) is 4.99 Å². The van der Waals surface area contributed by atoms with Gasteiger partial charge in [-0.1, -0.05) is 30.3 Å². The zero-order valence-corrected chi connectivity index (χ0v) is 20.5. The van der Waals surface area contributed by atoms with Gasteiger partial charge in [0, 0.05) is 26.1 Å². The third-order valence-electron chi connectivity index (χ3n) is 5.49. The van der Waals surface area contributed by atoms with E-state index in [-0.39, 0.29) is 41.9 Å².